The number of likely N-dealkylation sites (tertiary alicyclic amines) is 1. The van der Waals surface area contributed by atoms with E-state index in [1.165, 1.54) is 19.6 Å². The van der Waals surface area contributed by atoms with Gasteiger partial charge in [0, 0.05) is 47.0 Å². The second kappa shape index (κ2) is 11.2. The van der Waals surface area contributed by atoms with Crippen molar-refractivity contribution in [3.8, 4) is 0 Å². The van der Waals surface area contributed by atoms with Crippen LogP contribution in [0.1, 0.15) is 59.5 Å². The van der Waals surface area contributed by atoms with Crippen LogP contribution in [0.4, 0.5) is 15.8 Å². The number of amides is 2. The Bertz CT molecular complexity index is 1660. The molecule has 0 aromatic heterocycles. The number of fused-ring (bicyclic) bond motifs is 3. The number of nitrogens with one attached hydrogen (secondary N) is 1. The lowest BCUT2D eigenvalue weighted by Crippen LogP contribution is -2.55. The van der Waals surface area contributed by atoms with E-state index in [-0.39, 0.29) is 28.4 Å². The molecule has 4 atom stereocenters. The lowest BCUT2D eigenvalue weighted by molar-refractivity contribution is -0.128. The third-order valence-corrected chi connectivity index (χ3v) is 10.6. The van der Waals surface area contributed by atoms with Gasteiger partial charge in [-0.3, -0.25) is 14.5 Å². The van der Waals surface area contributed by atoms with Crippen LogP contribution in [0.5, 0.6) is 0 Å². The highest BCUT2D eigenvalue weighted by molar-refractivity contribution is 6.31. The number of hydrogen-bond donors (Lipinski definition) is 1. The van der Waals surface area contributed by atoms with E-state index < -0.39 is 29.2 Å². The molecule has 7 nitrogen and oxygen atoms in total. The van der Waals surface area contributed by atoms with Gasteiger partial charge in [-0.1, -0.05) is 60.7 Å². The smallest absolute Gasteiger partial charge is 0.337 e. The van der Waals surface area contributed by atoms with Crippen molar-refractivity contribution in [1.29, 1.82) is 0 Å². The number of rotatable bonds is 5. The van der Waals surface area contributed by atoms with Crippen molar-refractivity contribution in [2.45, 2.75) is 49.6 Å². The average Bonchev–Trinajstić information content (AvgIpc) is 3.61. The summed E-state index contributed by atoms with van der Waals surface area (Å²) in [7, 11) is 1.32. The summed E-state index contributed by atoms with van der Waals surface area (Å²) in [4.78, 5) is 45.0. The molecule has 228 valence electrons. The Morgan fingerprint density at radius 3 is 2.52 bits per heavy atom. The number of methoxy groups -OCH3 is 1. The van der Waals surface area contributed by atoms with E-state index in [0.29, 0.717) is 46.5 Å². The van der Waals surface area contributed by atoms with Gasteiger partial charge in [0.15, 0.2) is 0 Å². The number of hydrogen-bond acceptors (Lipinski definition) is 5. The van der Waals surface area contributed by atoms with Crippen LogP contribution in [-0.2, 0) is 19.9 Å². The van der Waals surface area contributed by atoms with E-state index in [1.54, 1.807) is 53.4 Å². The van der Waals surface area contributed by atoms with E-state index >= 15 is 4.39 Å². The maximum absolute atomic E-state index is 16.1. The van der Waals surface area contributed by atoms with Crippen molar-refractivity contribution >= 4 is 52.4 Å². The number of esters is 1. The Hall–Kier alpha value is -3.46. The van der Waals surface area contributed by atoms with Gasteiger partial charge in [0.05, 0.1) is 23.6 Å². The quantitative estimate of drug-likeness (QED) is 0.313. The Kier molecular flexibility index (Phi) is 7.42. The van der Waals surface area contributed by atoms with Gasteiger partial charge >= 0.3 is 5.97 Å². The summed E-state index contributed by atoms with van der Waals surface area (Å²) in [6.45, 7) is 0.905. The minimum Gasteiger partial charge on any atom is -0.465 e. The molecule has 1 spiro atoms. The molecule has 0 bridgehead atoms. The second-order valence-electron chi connectivity index (χ2n) is 12.3. The molecule has 3 aromatic rings. The molecule has 2 amide bonds. The average molecular weight is 637 g/mol. The number of carbonyl (C=O) groups is 3. The Morgan fingerprint density at radius 2 is 1.80 bits per heavy atom. The SMILES string of the molecule is COC(=O)c1ccc(N2C[C@@H]3[C@H](C2=O)[C@@H](c2cccc(Cl)c2F)[C@@]2(C(=O)Nc4cc(Cl)ccc42)N3CC2CCCCC2)cc1. The van der Waals surface area contributed by atoms with Gasteiger partial charge in [-0.2, -0.15) is 0 Å². The first kappa shape index (κ1) is 29.3. The van der Waals surface area contributed by atoms with Gasteiger partial charge < -0.3 is 15.0 Å². The molecule has 10 heteroatoms. The zero-order valence-electron chi connectivity index (χ0n) is 24.2. The number of halogens is 3. The van der Waals surface area contributed by atoms with Gasteiger partial charge in [-0.15, -0.1) is 0 Å². The summed E-state index contributed by atoms with van der Waals surface area (Å²) >= 11 is 12.7. The third-order valence-electron chi connectivity index (χ3n) is 10.1. The van der Waals surface area contributed by atoms with Crippen molar-refractivity contribution in [3.05, 3.63) is 93.2 Å². The number of nitrogens with zero attached hydrogens (tertiary/aromatic N) is 2. The van der Waals surface area contributed by atoms with Crippen molar-refractivity contribution in [2.75, 3.05) is 30.4 Å². The molecule has 4 aliphatic rings. The number of carbonyl (C=O) groups excluding carboxylic acids is 3. The van der Waals surface area contributed by atoms with E-state index in [0.717, 1.165) is 25.7 Å². The van der Waals surface area contributed by atoms with Crippen molar-refractivity contribution in [1.82, 2.24) is 4.90 Å². The lowest BCUT2D eigenvalue weighted by atomic mass is 9.71. The van der Waals surface area contributed by atoms with Crippen LogP contribution in [0.2, 0.25) is 10.0 Å². The van der Waals surface area contributed by atoms with E-state index in [4.69, 9.17) is 27.9 Å². The van der Waals surface area contributed by atoms with Crippen LogP contribution in [0, 0.1) is 17.7 Å². The van der Waals surface area contributed by atoms with Crippen molar-refractivity contribution in [3.63, 3.8) is 0 Å². The van der Waals surface area contributed by atoms with Gasteiger partial charge in [0.1, 0.15) is 11.4 Å². The molecule has 7 rings (SSSR count). The fraction of sp³-hybridized carbons (Fsp3) is 0.382. The fourth-order valence-electron chi connectivity index (χ4n) is 8.21. The van der Waals surface area contributed by atoms with Gasteiger partial charge in [0.25, 0.3) is 0 Å². The van der Waals surface area contributed by atoms with Crippen LogP contribution in [-0.4, -0.2) is 48.9 Å². The standard InChI is InChI=1S/C34H32Cl2FN3O4/c1-44-32(42)20-10-13-22(14-11-20)39-18-27-28(31(39)41)29(23-8-5-9-25(36)30(23)37)34(40(27)17-19-6-3-2-4-7-19)24-15-12-21(35)16-26(24)38-33(34)43/h5,8-16,19,27-29H,2-4,6-7,17-18H2,1H3,(H,38,43)/t27-,28+,29-,34+/m1/s1. The third kappa shape index (κ3) is 4.37. The maximum atomic E-state index is 16.1. The molecule has 2 saturated heterocycles. The van der Waals surface area contributed by atoms with Crippen LogP contribution in [0.3, 0.4) is 0 Å². The number of ether oxygens (including phenoxy) is 1. The first-order chi connectivity index (χ1) is 21.2. The van der Waals surface area contributed by atoms with E-state index in [1.807, 2.05) is 6.07 Å². The van der Waals surface area contributed by atoms with Crippen LogP contribution < -0.4 is 10.2 Å². The minimum absolute atomic E-state index is 0.0598. The summed E-state index contributed by atoms with van der Waals surface area (Å²) in [6.07, 6.45) is 5.47. The topological polar surface area (TPSA) is 78.9 Å². The molecule has 3 aliphatic heterocycles. The largest absolute Gasteiger partial charge is 0.465 e. The van der Waals surface area contributed by atoms with E-state index in [2.05, 4.69) is 10.2 Å². The highest BCUT2D eigenvalue weighted by Crippen LogP contribution is 2.62. The summed E-state index contributed by atoms with van der Waals surface area (Å²) in [5.41, 5.74) is 1.17. The maximum Gasteiger partial charge on any atom is 0.337 e. The second-order valence-corrected chi connectivity index (χ2v) is 13.1. The van der Waals surface area contributed by atoms with Crippen LogP contribution in [0.25, 0.3) is 0 Å². The molecule has 0 unspecified atom stereocenters. The van der Waals surface area contributed by atoms with E-state index in [9.17, 15) is 14.4 Å². The minimum atomic E-state index is -1.34. The Labute approximate surface area is 265 Å². The fourth-order valence-corrected chi connectivity index (χ4v) is 8.57. The summed E-state index contributed by atoms with van der Waals surface area (Å²) < 4.78 is 21.0. The number of anilines is 2. The monoisotopic (exact) mass is 635 g/mol. The predicted molar refractivity (Wildman–Crippen MR) is 167 cm³/mol. The first-order valence-electron chi connectivity index (χ1n) is 15.1. The van der Waals surface area contributed by atoms with Gasteiger partial charge in [-0.25, -0.2) is 9.18 Å². The molecule has 3 aromatic carbocycles. The summed E-state index contributed by atoms with van der Waals surface area (Å²) in [5, 5.41) is 3.47. The van der Waals surface area contributed by atoms with Crippen molar-refractivity contribution < 1.29 is 23.5 Å². The Balaban J connectivity index is 1.41. The van der Waals surface area contributed by atoms with Crippen LogP contribution >= 0.6 is 23.2 Å². The molecule has 1 N–H and O–H groups in total. The molecule has 44 heavy (non-hydrogen) atoms. The zero-order chi connectivity index (χ0) is 30.7. The molecule has 1 saturated carbocycles. The molecular formula is C34H32Cl2FN3O4. The summed E-state index contributed by atoms with van der Waals surface area (Å²) in [5.74, 6) is -2.85. The highest BCUT2D eigenvalue weighted by Gasteiger charge is 2.71. The Morgan fingerprint density at radius 1 is 1.05 bits per heavy atom. The van der Waals surface area contributed by atoms with Crippen molar-refractivity contribution in [2.24, 2.45) is 11.8 Å². The highest BCUT2D eigenvalue weighted by atomic mass is 35.5. The molecule has 3 fully saturated rings. The normalized spacial score (nSPS) is 26.6. The van der Waals surface area contributed by atoms with Gasteiger partial charge in [0.2, 0.25) is 11.8 Å². The molecule has 1 aliphatic carbocycles. The van der Waals surface area contributed by atoms with Gasteiger partial charge in [-0.05, 0) is 66.8 Å². The zero-order valence-corrected chi connectivity index (χ0v) is 25.7. The first-order valence-corrected chi connectivity index (χ1v) is 15.8. The molecular weight excluding hydrogens is 604 g/mol. The van der Waals surface area contributed by atoms with Crippen LogP contribution in [0.15, 0.2) is 60.7 Å². The molecule has 0 radical (unpaired) electrons. The molecule has 3 heterocycles. The summed E-state index contributed by atoms with van der Waals surface area (Å²) in [6, 6.07) is 16.4. The predicted octanol–water partition coefficient (Wildman–Crippen LogP) is 6.78. The lowest BCUT2D eigenvalue weighted by Gasteiger charge is -2.43. The number of benzene rings is 3.